The van der Waals surface area contributed by atoms with Gasteiger partial charge in [0.2, 0.25) is 10.0 Å². The fourth-order valence-corrected chi connectivity index (χ4v) is 2.35. The number of nitrogens with one attached hydrogen (secondary N) is 1. The molecule has 7 heteroatoms. The van der Waals surface area contributed by atoms with Gasteiger partial charge in [0.15, 0.2) is 0 Å². The molecule has 0 atom stereocenters. The Morgan fingerprint density at radius 2 is 2.06 bits per heavy atom. The maximum atomic E-state index is 11.7. The monoisotopic (exact) mass is 278 g/mol. The van der Waals surface area contributed by atoms with Crippen LogP contribution in [0.2, 0.25) is 5.15 Å². The van der Waals surface area contributed by atoms with E-state index in [0.717, 1.165) is 6.42 Å². The highest BCUT2D eigenvalue weighted by molar-refractivity contribution is 7.89. The van der Waals surface area contributed by atoms with Gasteiger partial charge in [-0.2, -0.15) is 0 Å². The average molecular weight is 279 g/mol. The highest BCUT2D eigenvalue weighted by Crippen LogP contribution is 2.10. The summed E-state index contributed by atoms with van der Waals surface area (Å²) in [5.74, 6) is 0. The molecule has 0 aromatic carbocycles. The van der Waals surface area contributed by atoms with Crippen LogP contribution in [0.5, 0.6) is 0 Å². The number of sulfonamides is 1. The molecule has 0 saturated carbocycles. The van der Waals surface area contributed by atoms with E-state index in [1.165, 1.54) is 18.3 Å². The molecule has 0 unspecified atom stereocenters. The molecule has 0 aliphatic heterocycles. The number of nitrogens with zero attached hydrogens (tertiary/aromatic N) is 1. The van der Waals surface area contributed by atoms with E-state index in [1.54, 1.807) is 0 Å². The predicted molar refractivity (Wildman–Crippen MR) is 65.4 cm³/mol. The molecule has 2 N–H and O–H groups in total. The lowest BCUT2D eigenvalue weighted by Gasteiger charge is -2.05. The van der Waals surface area contributed by atoms with Crippen molar-refractivity contribution in [3.05, 3.63) is 23.5 Å². The lowest BCUT2D eigenvalue weighted by atomic mass is 10.2. The van der Waals surface area contributed by atoms with E-state index in [0.29, 0.717) is 19.4 Å². The van der Waals surface area contributed by atoms with E-state index in [2.05, 4.69) is 9.71 Å². The van der Waals surface area contributed by atoms with Gasteiger partial charge in [0.1, 0.15) is 10.0 Å². The lowest BCUT2D eigenvalue weighted by molar-refractivity contribution is 0.283. The first kappa shape index (κ1) is 14.4. The molecule has 0 spiro atoms. The van der Waals surface area contributed by atoms with Crippen molar-refractivity contribution in [1.29, 1.82) is 0 Å². The highest BCUT2D eigenvalue weighted by Gasteiger charge is 2.13. The second-order valence-electron chi connectivity index (χ2n) is 3.50. The number of hydrogen-bond acceptors (Lipinski definition) is 4. The van der Waals surface area contributed by atoms with Crippen molar-refractivity contribution < 1.29 is 13.5 Å². The van der Waals surface area contributed by atoms with Crippen molar-refractivity contribution in [2.45, 2.75) is 24.2 Å². The van der Waals surface area contributed by atoms with Gasteiger partial charge in [0.05, 0.1) is 0 Å². The normalized spacial score (nSPS) is 11.6. The van der Waals surface area contributed by atoms with Crippen LogP contribution in [0.25, 0.3) is 0 Å². The Hall–Kier alpha value is -0.690. The number of hydrogen-bond donors (Lipinski definition) is 2. The summed E-state index contributed by atoms with van der Waals surface area (Å²) in [5, 5.41) is 8.83. The minimum absolute atomic E-state index is 0.101. The van der Waals surface area contributed by atoms with Crippen molar-refractivity contribution in [2.75, 3.05) is 13.2 Å². The Morgan fingerprint density at radius 1 is 1.29 bits per heavy atom. The third kappa shape index (κ3) is 4.99. The second kappa shape index (κ2) is 6.90. The molecule has 0 aliphatic rings. The first-order chi connectivity index (χ1) is 8.06. The van der Waals surface area contributed by atoms with Crippen molar-refractivity contribution >= 4 is 21.6 Å². The third-order valence-corrected chi connectivity index (χ3v) is 3.81. The molecule has 17 heavy (non-hydrogen) atoms. The predicted octanol–water partition coefficient (Wildman–Crippen LogP) is 1.18. The minimum Gasteiger partial charge on any atom is -0.396 e. The molecule has 1 rings (SSSR count). The molecule has 0 amide bonds. The molecule has 0 aliphatic carbocycles. The maximum absolute atomic E-state index is 11.7. The highest BCUT2D eigenvalue weighted by atomic mass is 35.5. The molecule has 0 saturated heterocycles. The van der Waals surface area contributed by atoms with Gasteiger partial charge in [-0.15, -0.1) is 0 Å². The van der Waals surface area contributed by atoms with Gasteiger partial charge in [0, 0.05) is 19.3 Å². The van der Waals surface area contributed by atoms with Crippen molar-refractivity contribution in [1.82, 2.24) is 9.71 Å². The fraction of sp³-hybridized carbons (Fsp3) is 0.500. The zero-order valence-corrected chi connectivity index (χ0v) is 10.8. The summed E-state index contributed by atoms with van der Waals surface area (Å²) in [6.45, 7) is 0.485. The Morgan fingerprint density at radius 3 is 2.65 bits per heavy atom. The van der Waals surface area contributed by atoms with Crippen LogP contribution in [0.15, 0.2) is 23.2 Å². The molecule has 1 heterocycles. The molecule has 1 aromatic rings. The van der Waals surface area contributed by atoms with Crippen molar-refractivity contribution in [2.24, 2.45) is 0 Å². The molecular weight excluding hydrogens is 264 g/mol. The SMILES string of the molecule is O=S(=O)(NCCCCCO)c1ccc(Cl)nc1. The van der Waals surface area contributed by atoms with Gasteiger partial charge in [0.25, 0.3) is 0 Å². The van der Waals surface area contributed by atoms with Gasteiger partial charge in [-0.3, -0.25) is 0 Å². The standard InChI is InChI=1S/C10H15ClN2O3S/c11-10-5-4-9(8-12-10)17(15,16)13-6-2-1-3-7-14/h4-5,8,13-14H,1-3,6-7H2. The molecule has 96 valence electrons. The number of rotatable bonds is 7. The topological polar surface area (TPSA) is 79.3 Å². The lowest BCUT2D eigenvalue weighted by Crippen LogP contribution is -2.24. The Labute approximate surface area is 106 Å². The largest absolute Gasteiger partial charge is 0.396 e. The average Bonchev–Trinajstić information content (AvgIpc) is 2.29. The van der Waals surface area contributed by atoms with Gasteiger partial charge in [-0.05, 0) is 31.4 Å². The van der Waals surface area contributed by atoms with E-state index in [4.69, 9.17) is 16.7 Å². The van der Waals surface area contributed by atoms with Crippen LogP contribution in [0.3, 0.4) is 0 Å². The Kier molecular flexibility index (Phi) is 5.84. The van der Waals surface area contributed by atoms with Gasteiger partial charge < -0.3 is 5.11 Å². The number of halogens is 1. The van der Waals surface area contributed by atoms with Gasteiger partial charge >= 0.3 is 0 Å². The van der Waals surface area contributed by atoms with Crippen LogP contribution in [0, 0.1) is 0 Å². The fourth-order valence-electron chi connectivity index (χ4n) is 1.22. The molecule has 1 aromatic heterocycles. The van der Waals surface area contributed by atoms with Crippen molar-refractivity contribution in [3.8, 4) is 0 Å². The van der Waals surface area contributed by atoms with E-state index in [9.17, 15) is 8.42 Å². The van der Waals surface area contributed by atoms with Crippen LogP contribution in [0.1, 0.15) is 19.3 Å². The van der Waals surface area contributed by atoms with Gasteiger partial charge in [-0.25, -0.2) is 18.1 Å². The molecule has 0 radical (unpaired) electrons. The summed E-state index contributed by atoms with van der Waals surface area (Å²) in [6.07, 6.45) is 3.39. The molecule has 0 bridgehead atoms. The van der Waals surface area contributed by atoms with E-state index >= 15 is 0 Å². The maximum Gasteiger partial charge on any atom is 0.242 e. The first-order valence-corrected chi connectivity index (χ1v) is 7.14. The van der Waals surface area contributed by atoms with Crippen LogP contribution < -0.4 is 4.72 Å². The number of aliphatic hydroxyl groups is 1. The molecule has 0 fully saturated rings. The van der Waals surface area contributed by atoms with E-state index in [-0.39, 0.29) is 16.7 Å². The summed E-state index contributed by atoms with van der Waals surface area (Å²) in [7, 11) is -3.50. The first-order valence-electron chi connectivity index (χ1n) is 5.28. The number of aliphatic hydroxyl groups excluding tert-OH is 1. The molecular formula is C10H15ClN2O3S. The van der Waals surface area contributed by atoms with Crippen LogP contribution >= 0.6 is 11.6 Å². The van der Waals surface area contributed by atoms with Crippen LogP contribution in [-0.2, 0) is 10.0 Å². The number of pyridine rings is 1. The zero-order valence-electron chi connectivity index (χ0n) is 9.26. The second-order valence-corrected chi connectivity index (χ2v) is 5.65. The third-order valence-electron chi connectivity index (χ3n) is 2.14. The zero-order chi connectivity index (χ0) is 12.7. The van der Waals surface area contributed by atoms with Crippen molar-refractivity contribution in [3.63, 3.8) is 0 Å². The minimum atomic E-state index is -3.50. The Bertz CT molecular complexity index is 433. The van der Waals surface area contributed by atoms with Crippen LogP contribution in [0.4, 0.5) is 0 Å². The summed E-state index contributed by atoms with van der Waals surface area (Å²) in [4.78, 5) is 3.82. The van der Waals surface area contributed by atoms with Crippen LogP contribution in [-0.4, -0.2) is 31.7 Å². The summed E-state index contributed by atoms with van der Waals surface area (Å²) >= 11 is 5.57. The smallest absolute Gasteiger partial charge is 0.242 e. The summed E-state index contributed by atoms with van der Waals surface area (Å²) < 4.78 is 25.9. The van der Waals surface area contributed by atoms with Gasteiger partial charge in [-0.1, -0.05) is 11.6 Å². The summed E-state index contributed by atoms with van der Waals surface area (Å²) in [6, 6.07) is 2.84. The molecule has 5 nitrogen and oxygen atoms in total. The number of unbranched alkanes of at least 4 members (excludes halogenated alkanes) is 2. The summed E-state index contributed by atoms with van der Waals surface area (Å²) in [5.41, 5.74) is 0. The number of aromatic nitrogens is 1. The van der Waals surface area contributed by atoms with E-state index in [1.807, 2.05) is 0 Å². The van der Waals surface area contributed by atoms with E-state index < -0.39 is 10.0 Å². The quantitative estimate of drug-likeness (QED) is 0.580. The Balaban J connectivity index is 2.48.